The van der Waals surface area contributed by atoms with Crippen molar-refractivity contribution in [2.45, 2.75) is 12.8 Å². The van der Waals surface area contributed by atoms with Crippen molar-refractivity contribution in [1.29, 1.82) is 0 Å². The van der Waals surface area contributed by atoms with E-state index in [0.29, 0.717) is 0 Å². The van der Waals surface area contributed by atoms with Gasteiger partial charge in [0, 0.05) is 0 Å². The minimum Gasteiger partial charge on any atom is -1.00 e. The molecule has 0 spiro atoms. The smallest absolute Gasteiger partial charge is 1.00 e. The molecular formula is C10H11Zr-. The summed E-state index contributed by atoms with van der Waals surface area (Å²) in [6.45, 7) is 0. The molecule has 11 heavy (non-hydrogen) atoms. The molecule has 0 amide bonds. The summed E-state index contributed by atoms with van der Waals surface area (Å²) >= 11 is 0. The van der Waals surface area contributed by atoms with Crippen LogP contribution in [0.3, 0.4) is 0 Å². The summed E-state index contributed by atoms with van der Waals surface area (Å²) in [5, 5.41) is 0. The first-order chi connectivity index (χ1) is 5.00. The van der Waals surface area contributed by atoms with E-state index in [2.05, 4.69) is 24.3 Å². The van der Waals surface area contributed by atoms with Crippen molar-refractivity contribution in [2.75, 3.05) is 0 Å². The Balaban J connectivity index is 0. The van der Waals surface area contributed by atoms with Crippen LogP contribution in [0.2, 0.25) is 0 Å². The van der Waals surface area contributed by atoms with Crippen molar-refractivity contribution in [3.8, 4) is 0 Å². The van der Waals surface area contributed by atoms with Crippen LogP contribution in [-0.4, -0.2) is 0 Å². The van der Waals surface area contributed by atoms with Gasteiger partial charge >= 0.3 is 26.2 Å². The molecule has 0 N–H and O–H groups in total. The molecule has 1 heteroatoms. The summed E-state index contributed by atoms with van der Waals surface area (Å²) in [5.74, 6) is 0. The first-order valence-corrected chi connectivity index (χ1v) is 3.43. The molecule has 0 aliphatic heterocycles. The van der Waals surface area contributed by atoms with E-state index in [1.54, 1.807) is 0 Å². The van der Waals surface area contributed by atoms with Crippen molar-refractivity contribution in [3.63, 3.8) is 0 Å². The first-order valence-electron chi connectivity index (χ1n) is 3.43. The summed E-state index contributed by atoms with van der Waals surface area (Å²) in [6, 6.07) is 0. The summed E-state index contributed by atoms with van der Waals surface area (Å²) in [4.78, 5) is 0. The zero-order valence-electron chi connectivity index (χ0n) is 7.38. The van der Waals surface area contributed by atoms with Gasteiger partial charge in [0.15, 0.2) is 0 Å². The molecule has 0 unspecified atom stereocenters. The predicted octanol–water partition coefficient (Wildman–Crippen LogP) is 2.72. The van der Waals surface area contributed by atoms with Crippen LogP contribution in [0.4, 0.5) is 0 Å². The third-order valence-corrected chi connectivity index (χ3v) is 1.17. The van der Waals surface area contributed by atoms with Gasteiger partial charge in [0.05, 0.1) is 0 Å². The Morgan fingerprint density at radius 1 is 0.909 bits per heavy atom. The minimum atomic E-state index is 0. The molecule has 0 aromatic rings. The second kappa shape index (κ2) is 7.94. The van der Waals surface area contributed by atoms with Gasteiger partial charge in [-0.3, -0.25) is 12.2 Å². The summed E-state index contributed by atoms with van der Waals surface area (Å²) in [5.41, 5.74) is 0. The Morgan fingerprint density at radius 2 is 1.36 bits per heavy atom. The molecule has 0 nitrogen and oxygen atoms in total. The van der Waals surface area contributed by atoms with Gasteiger partial charge in [-0.15, -0.1) is 12.8 Å². The van der Waals surface area contributed by atoms with Crippen molar-refractivity contribution < 1.29 is 27.6 Å². The van der Waals surface area contributed by atoms with Gasteiger partial charge in [-0.1, -0.05) is 0 Å². The monoisotopic (exact) mass is 221 g/mol. The van der Waals surface area contributed by atoms with Crippen molar-refractivity contribution in [1.82, 2.24) is 0 Å². The summed E-state index contributed by atoms with van der Waals surface area (Å²) in [6.07, 6.45) is 20.0. The van der Waals surface area contributed by atoms with Gasteiger partial charge < -0.3 is 1.43 Å². The number of allylic oxidation sites excluding steroid dienone is 8. The third kappa shape index (κ3) is 6.25. The molecule has 0 atom stereocenters. The second-order valence-electron chi connectivity index (χ2n) is 2.01. The average molecular weight is 222 g/mol. The van der Waals surface area contributed by atoms with Crippen molar-refractivity contribution >= 4 is 0 Å². The van der Waals surface area contributed by atoms with Crippen LogP contribution in [0.5, 0.6) is 0 Å². The molecule has 0 bridgehead atoms. The molecular weight excluding hydrogens is 211 g/mol. The fourth-order valence-electron chi connectivity index (χ4n) is 0.680. The van der Waals surface area contributed by atoms with Crippen LogP contribution in [0.25, 0.3) is 0 Å². The maximum Gasteiger partial charge on any atom is 2.00 e. The van der Waals surface area contributed by atoms with Gasteiger partial charge in [0.1, 0.15) is 0 Å². The second-order valence-corrected chi connectivity index (χ2v) is 2.01. The van der Waals surface area contributed by atoms with Crippen LogP contribution in [0.15, 0.2) is 36.5 Å². The quantitative estimate of drug-likeness (QED) is 0.553. The van der Waals surface area contributed by atoms with Crippen LogP contribution in [-0.2, 0) is 26.2 Å². The molecule has 2 aliphatic carbocycles. The van der Waals surface area contributed by atoms with E-state index < -0.39 is 0 Å². The number of hydrogen-bond acceptors (Lipinski definition) is 0. The molecule has 0 aromatic heterocycles. The van der Waals surface area contributed by atoms with Crippen LogP contribution in [0, 0.1) is 12.2 Å². The van der Waals surface area contributed by atoms with E-state index in [0.717, 1.165) is 12.8 Å². The zero-order valence-corrected chi connectivity index (χ0v) is 8.84. The van der Waals surface area contributed by atoms with Gasteiger partial charge in [0.2, 0.25) is 0 Å². The number of rotatable bonds is 0. The average Bonchev–Trinajstić information content (AvgIpc) is 2.67. The van der Waals surface area contributed by atoms with Crippen molar-refractivity contribution in [3.05, 3.63) is 48.6 Å². The Morgan fingerprint density at radius 3 is 1.45 bits per heavy atom. The van der Waals surface area contributed by atoms with E-state index >= 15 is 0 Å². The summed E-state index contributed by atoms with van der Waals surface area (Å²) in [7, 11) is 0. The molecule has 56 valence electrons. The fraction of sp³-hybridized carbons (Fsp3) is 0.200. The topological polar surface area (TPSA) is 0 Å². The van der Waals surface area contributed by atoms with Crippen LogP contribution in [0.1, 0.15) is 14.3 Å². The van der Waals surface area contributed by atoms with Crippen molar-refractivity contribution in [2.24, 2.45) is 0 Å². The molecule has 0 heterocycles. The maximum atomic E-state index is 2.99. The van der Waals surface area contributed by atoms with Gasteiger partial charge in [-0.05, 0) is 0 Å². The van der Waals surface area contributed by atoms with E-state index in [1.165, 1.54) is 0 Å². The molecule has 0 aromatic carbocycles. The predicted molar refractivity (Wildman–Crippen MR) is 44.3 cm³/mol. The zero-order chi connectivity index (χ0) is 7.07. The van der Waals surface area contributed by atoms with E-state index in [1.807, 2.05) is 24.3 Å². The minimum absolute atomic E-state index is 0. The van der Waals surface area contributed by atoms with E-state index in [9.17, 15) is 0 Å². The molecule has 2 aliphatic rings. The summed E-state index contributed by atoms with van der Waals surface area (Å²) < 4.78 is 0. The normalized spacial score (nSPS) is 16.0. The van der Waals surface area contributed by atoms with E-state index in [4.69, 9.17) is 0 Å². The molecule has 0 saturated heterocycles. The van der Waals surface area contributed by atoms with Crippen LogP contribution >= 0.6 is 0 Å². The maximum absolute atomic E-state index is 2.99. The SMILES string of the molecule is [C-]1=CC=CC1.[C-]1=CC=CC1.[H-].[Zr+2]. The molecule has 0 radical (unpaired) electrons. The van der Waals surface area contributed by atoms with Gasteiger partial charge in [0.25, 0.3) is 0 Å². The van der Waals surface area contributed by atoms with Gasteiger partial charge in [-0.25, -0.2) is 24.3 Å². The molecule has 0 fully saturated rings. The Labute approximate surface area is 89.0 Å². The Hall–Kier alpha value is -0.157. The van der Waals surface area contributed by atoms with Crippen LogP contribution < -0.4 is 0 Å². The number of hydrogen-bond donors (Lipinski definition) is 0. The molecule has 0 saturated carbocycles. The fourth-order valence-corrected chi connectivity index (χ4v) is 0.680. The first kappa shape index (κ1) is 10.8. The standard InChI is InChI=1S/2C5H5.Zr.H/c2*1-2-4-5-3-1;;/h2*1-3H,4H2;;/q2*-1;+2;-1. The van der Waals surface area contributed by atoms with Gasteiger partial charge in [-0.2, -0.15) is 12.2 Å². The Bertz CT molecular complexity index is 148. The third-order valence-electron chi connectivity index (χ3n) is 1.17. The molecule has 2 rings (SSSR count). The Kier molecular flexibility index (Phi) is 7.83. The van der Waals surface area contributed by atoms with E-state index in [-0.39, 0.29) is 27.6 Å². The largest absolute Gasteiger partial charge is 2.00 e.